The van der Waals surface area contributed by atoms with Crippen LogP contribution in [0.4, 0.5) is 18.0 Å². The van der Waals surface area contributed by atoms with E-state index < -0.39 is 40.7 Å². The molecule has 3 rings (SSSR count). The van der Waals surface area contributed by atoms with E-state index in [9.17, 15) is 22.8 Å². The van der Waals surface area contributed by atoms with Crippen molar-refractivity contribution in [2.24, 2.45) is 0 Å². The number of nitrogens with zero attached hydrogens (tertiary/aromatic N) is 2. The van der Waals surface area contributed by atoms with Gasteiger partial charge in [0.1, 0.15) is 34.4 Å². The zero-order valence-electron chi connectivity index (χ0n) is 17.7. The van der Waals surface area contributed by atoms with Crippen LogP contribution in [0.5, 0.6) is 0 Å². The third kappa shape index (κ3) is 4.70. The van der Waals surface area contributed by atoms with Crippen molar-refractivity contribution < 1.29 is 22.7 Å². The fourth-order valence-electron chi connectivity index (χ4n) is 3.18. The molecule has 6 nitrogen and oxygen atoms in total. The van der Waals surface area contributed by atoms with Gasteiger partial charge in [-0.3, -0.25) is 9.36 Å². The Kier molecular flexibility index (Phi) is 5.80. The third-order valence-corrected chi connectivity index (χ3v) is 4.44. The van der Waals surface area contributed by atoms with E-state index in [0.29, 0.717) is 11.6 Å². The summed E-state index contributed by atoms with van der Waals surface area (Å²) in [7, 11) is 0. The highest BCUT2D eigenvalue weighted by Gasteiger charge is 2.24. The predicted molar refractivity (Wildman–Crippen MR) is 110 cm³/mol. The fourth-order valence-corrected chi connectivity index (χ4v) is 3.18. The van der Waals surface area contributed by atoms with E-state index in [0.717, 1.165) is 16.7 Å². The summed E-state index contributed by atoms with van der Waals surface area (Å²) in [6.07, 6.45) is -0.795. The minimum absolute atomic E-state index is 0.0297. The molecular weight excluding hydrogens is 411 g/mol. The van der Waals surface area contributed by atoms with Gasteiger partial charge in [-0.25, -0.2) is 22.9 Å². The minimum atomic E-state index is -0.960. The van der Waals surface area contributed by atoms with E-state index in [1.165, 1.54) is 19.1 Å². The molecule has 1 aromatic heterocycles. The topological polar surface area (TPSA) is 73.2 Å². The van der Waals surface area contributed by atoms with Gasteiger partial charge in [-0.05, 0) is 58.4 Å². The molecule has 31 heavy (non-hydrogen) atoms. The van der Waals surface area contributed by atoms with Crippen molar-refractivity contribution in [1.82, 2.24) is 14.9 Å². The molecule has 3 aromatic rings. The summed E-state index contributed by atoms with van der Waals surface area (Å²) in [4.78, 5) is 29.8. The molecule has 1 unspecified atom stereocenters. The number of hydrogen-bond acceptors (Lipinski definition) is 4. The van der Waals surface area contributed by atoms with Crippen molar-refractivity contribution in [3.05, 3.63) is 69.5 Å². The molecule has 1 atom stereocenters. The molecule has 0 aliphatic carbocycles. The maximum atomic E-state index is 14.5. The van der Waals surface area contributed by atoms with Gasteiger partial charge in [-0.15, -0.1) is 0 Å². The molecule has 0 radical (unpaired) electrons. The fraction of sp³-hybridized carbons (Fsp3) is 0.318. The Hall–Kier alpha value is -3.36. The highest BCUT2D eigenvalue weighted by atomic mass is 19.1. The van der Waals surface area contributed by atoms with Gasteiger partial charge in [-0.1, -0.05) is 6.07 Å². The van der Waals surface area contributed by atoms with Gasteiger partial charge >= 0.3 is 6.09 Å². The number of amides is 1. The lowest BCUT2D eigenvalue weighted by atomic mass is 10.1. The number of aromatic nitrogens is 2. The number of alkyl carbamates (subject to hydrolysis) is 1. The average Bonchev–Trinajstić information content (AvgIpc) is 2.61. The van der Waals surface area contributed by atoms with Crippen molar-refractivity contribution in [1.29, 1.82) is 0 Å². The Morgan fingerprint density at radius 2 is 1.74 bits per heavy atom. The third-order valence-electron chi connectivity index (χ3n) is 4.44. The molecule has 9 heteroatoms. The van der Waals surface area contributed by atoms with Gasteiger partial charge in [0.05, 0.1) is 17.1 Å². The van der Waals surface area contributed by atoms with Crippen LogP contribution >= 0.6 is 0 Å². The number of aryl methyl sites for hydroxylation is 1. The van der Waals surface area contributed by atoms with Crippen LogP contribution in [0.2, 0.25) is 0 Å². The molecule has 0 saturated carbocycles. The first-order valence-corrected chi connectivity index (χ1v) is 9.55. The SMILES string of the molecule is Cc1ccc(F)c2nc(C(C)NC(=O)OC(C)(C)C)n(-c3cc(F)cc(F)c3)c(=O)c12. The zero-order valence-corrected chi connectivity index (χ0v) is 17.7. The van der Waals surface area contributed by atoms with Gasteiger partial charge in [0, 0.05) is 6.07 Å². The Balaban J connectivity index is 2.27. The van der Waals surface area contributed by atoms with E-state index in [1.54, 1.807) is 27.7 Å². The lowest BCUT2D eigenvalue weighted by Gasteiger charge is -2.23. The van der Waals surface area contributed by atoms with Gasteiger partial charge in [0.2, 0.25) is 0 Å². The Morgan fingerprint density at radius 1 is 1.13 bits per heavy atom. The van der Waals surface area contributed by atoms with Crippen LogP contribution in [0.3, 0.4) is 0 Å². The second kappa shape index (κ2) is 8.05. The molecule has 0 aliphatic heterocycles. The molecule has 1 N–H and O–H groups in total. The summed E-state index contributed by atoms with van der Waals surface area (Å²) < 4.78 is 48.5. The Morgan fingerprint density at radius 3 is 2.32 bits per heavy atom. The normalized spacial score (nSPS) is 12.6. The molecule has 0 bridgehead atoms. The molecule has 0 saturated heterocycles. The molecule has 0 fully saturated rings. The van der Waals surface area contributed by atoms with Gasteiger partial charge in [-0.2, -0.15) is 0 Å². The monoisotopic (exact) mass is 433 g/mol. The number of nitrogens with one attached hydrogen (secondary N) is 1. The van der Waals surface area contributed by atoms with Gasteiger partial charge in [0.15, 0.2) is 0 Å². The van der Waals surface area contributed by atoms with Crippen LogP contribution in [0, 0.1) is 24.4 Å². The standard InChI is InChI=1S/C22H22F3N3O3/c1-11-6-7-16(25)18-17(11)20(29)28(15-9-13(23)8-14(24)10-15)19(27-18)12(2)26-21(30)31-22(3,4)5/h6-10,12H,1-5H3,(H,26,30). The number of benzene rings is 2. The van der Waals surface area contributed by atoms with Crippen molar-refractivity contribution in [3.63, 3.8) is 0 Å². The zero-order chi connectivity index (χ0) is 23.1. The molecular formula is C22H22F3N3O3. The molecule has 0 aliphatic rings. The number of fused-ring (bicyclic) bond motifs is 1. The lowest BCUT2D eigenvalue weighted by molar-refractivity contribution is 0.0505. The number of halogens is 3. The van der Waals surface area contributed by atoms with Crippen LogP contribution < -0.4 is 10.9 Å². The Labute approximate surface area is 176 Å². The van der Waals surface area contributed by atoms with E-state index in [4.69, 9.17) is 4.74 Å². The number of ether oxygens (including phenoxy) is 1. The second-order valence-corrected chi connectivity index (χ2v) is 8.19. The lowest BCUT2D eigenvalue weighted by Crippen LogP contribution is -2.37. The largest absolute Gasteiger partial charge is 0.444 e. The summed E-state index contributed by atoms with van der Waals surface area (Å²) in [5.41, 5.74) is -1.41. The number of carbonyl (C=O) groups excluding carboxylic acids is 1. The number of rotatable bonds is 3. The molecule has 2 aromatic carbocycles. The van der Waals surface area contributed by atoms with Gasteiger partial charge < -0.3 is 10.1 Å². The first-order chi connectivity index (χ1) is 14.4. The number of hydrogen-bond donors (Lipinski definition) is 1. The molecule has 1 heterocycles. The average molecular weight is 433 g/mol. The summed E-state index contributed by atoms with van der Waals surface area (Å²) in [6.45, 7) is 8.13. The highest BCUT2D eigenvalue weighted by Crippen LogP contribution is 2.23. The summed E-state index contributed by atoms with van der Waals surface area (Å²) in [6, 6.07) is 4.20. The van der Waals surface area contributed by atoms with E-state index in [-0.39, 0.29) is 22.4 Å². The summed E-state index contributed by atoms with van der Waals surface area (Å²) in [5.74, 6) is -2.66. The molecule has 1 amide bonds. The smallest absolute Gasteiger partial charge is 0.408 e. The van der Waals surface area contributed by atoms with E-state index in [1.807, 2.05) is 0 Å². The van der Waals surface area contributed by atoms with Gasteiger partial charge in [0.25, 0.3) is 5.56 Å². The summed E-state index contributed by atoms with van der Waals surface area (Å²) in [5, 5.41) is 2.50. The highest BCUT2D eigenvalue weighted by molar-refractivity contribution is 5.82. The second-order valence-electron chi connectivity index (χ2n) is 8.19. The van der Waals surface area contributed by atoms with Crippen LogP contribution in [0.25, 0.3) is 16.6 Å². The molecule has 0 spiro atoms. The van der Waals surface area contributed by atoms with Crippen molar-refractivity contribution in [2.75, 3.05) is 0 Å². The maximum Gasteiger partial charge on any atom is 0.408 e. The minimum Gasteiger partial charge on any atom is -0.444 e. The quantitative estimate of drug-likeness (QED) is 0.650. The molecule has 164 valence electrons. The van der Waals surface area contributed by atoms with Crippen LogP contribution in [0.1, 0.15) is 45.1 Å². The predicted octanol–water partition coefficient (Wildman–Crippen LogP) is 4.70. The van der Waals surface area contributed by atoms with Crippen LogP contribution in [-0.4, -0.2) is 21.2 Å². The summed E-state index contributed by atoms with van der Waals surface area (Å²) >= 11 is 0. The van der Waals surface area contributed by atoms with Crippen molar-refractivity contribution in [3.8, 4) is 5.69 Å². The maximum absolute atomic E-state index is 14.5. The first-order valence-electron chi connectivity index (χ1n) is 9.55. The van der Waals surface area contributed by atoms with Crippen LogP contribution in [-0.2, 0) is 4.74 Å². The van der Waals surface area contributed by atoms with Crippen molar-refractivity contribution >= 4 is 17.0 Å². The van der Waals surface area contributed by atoms with Crippen molar-refractivity contribution in [2.45, 2.75) is 46.3 Å². The first kappa shape index (κ1) is 22.3. The van der Waals surface area contributed by atoms with E-state index in [2.05, 4.69) is 10.3 Å². The van der Waals surface area contributed by atoms with E-state index >= 15 is 0 Å². The number of carbonyl (C=O) groups is 1. The van der Waals surface area contributed by atoms with Crippen LogP contribution in [0.15, 0.2) is 35.1 Å². The Bertz CT molecular complexity index is 1210.